The smallest absolute Gasteiger partial charge is 0.266 e. The van der Waals surface area contributed by atoms with Crippen molar-refractivity contribution in [1.82, 2.24) is 10.3 Å². The first-order valence-electron chi connectivity index (χ1n) is 7.25. The van der Waals surface area contributed by atoms with E-state index < -0.39 is 32.5 Å². The summed E-state index contributed by atoms with van der Waals surface area (Å²) in [6, 6.07) is 7.38. The topological polar surface area (TPSA) is 84.5 Å². The highest BCUT2D eigenvalue weighted by Gasteiger charge is 2.22. The molecule has 0 aromatic heterocycles. The van der Waals surface area contributed by atoms with Crippen LogP contribution < -0.4 is 15.0 Å². The molecule has 0 saturated carbocycles. The Labute approximate surface area is 143 Å². The standard InChI is InChI=1S/C16H16F2N2O4S/c1-3-24-12-8-10(2)7-11(9-12)16(21)19-20-25(22,23)14-6-4-5-13(17)15(14)18/h4-9,20H,3H2,1-2H3,(H,19,21). The third kappa shape index (κ3) is 4.52. The van der Waals surface area contributed by atoms with Crippen molar-refractivity contribution in [1.29, 1.82) is 0 Å². The van der Waals surface area contributed by atoms with Crippen LogP contribution in [-0.2, 0) is 10.0 Å². The molecule has 2 aromatic carbocycles. The summed E-state index contributed by atoms with van der Waals surface area (Å²) in [6.45, 7) is 3.92. The summed E-state index contributed by atoms with van der Waals surface area (Å²) >= 11 is 0. The normalized spacial score (nSPS) is 11.2. The second-order valence-corrected chi connectivity index (χ2v) is 6.73. The molecule has 9 heteroatoms. The first-order valence-corrected chi connectivity index (χ1v) is 8.73. The number of carbonyl (C=O) groups is 1. The number of carbonyl (C=O) groups excluding carboxylic acids is 1. The second kappa shape index (κ2) is 7.58. The van der Waals surface area contributed by atoms with Gasteiger partial charge in [0.25, 0.3) is 15.9 Å². The zero-order valence-electron chi connectivity index (χ0n) is 13.5. The highest BCUT2D eigenvalue weighted by atomic mass is 32.2. The van der Waals surface area contributed by atoms with E-state index in [-0.39, 0.29) is 5.56 Å². The summed E-state index contributed by atoms with van der Waals surface area (Å²) in [7, 11) is -4.48. The highest BCUT2D eigenvalue weighted by Crippen LogP contribution is 2.18. The molecule has 0 atom stereocenters. The van der Waals surface area contributed by atoms with E-state index in [0.29, 0.717) is 12.4 Å². The average molecular weight is 370 g/mol. The molecule has 0 spiro atoms. The quantitative estimate of drug-likeness (QED) is 0.764. The summed E-state index contributed by atoms with van der Waals surface area (Å²) in [5.74, 6) is -3.16. The van der Waals surface area contributed by atoms with Crippen LogP contribution in [0.3, 0.4) is 0 Å². The van der Waals surface area contributed by atoms with Crippen LogP contribution in [0.4, 0.5) is 8.78 Å². The van der Waals surface area contributed by atoms with Gasteiger partial charge in [-0.1, -0.05) is 6.07 Å². The largest absolute Gasteiger partial charge is 0.494 e. The van der Waals surface area contributed by atoms with Crippen LogP contribution in [-0.4, -0.2) is 20.9 Å². The molecule has 1 amide bonds. The zero-order valence-corrected chi connectivity index (χ0v) is 14.3. The highest BCUT2D eigenvalue weighted by molar-refractivity contribution is 7.89. The number of benzene rings is 2. The number of hydrogen-bond donors (Lipinski definition) is 2. The van der Waals surface area contributed by atoms with Gasteiger partial charge >= 0.3 is 0 Å². The van der Waals surface area contributed by atoms with Gasteiger partial charge in [-0.25, -0.2) is 17.2 Å². The molecule has 0 heterocycles. The van der Waals surface area contributed by atoms with Gasteiger partial charge in [-0.3, -0.25) is 10.2 Å². The minimum atomic E-state index is -4.48. The fourth-order valence-corrected chi connectivity index (χ4v) is 2.99. The molecule has 2 rings (SSSR count). The Kier molecular flexibility index (Phi) is 5.70. The molecule has 0 aliphatic carbocycles. The lowest BCUT2D eigenvalue weighted by Crippen LogP contribution is -2.41. The molecular formula is C16H16F2N2O4S. The van der Waals surface area contributed by atoms with E-state index in [4.69, 9.17) is 4.74 Å². The van der Waals surface area contributed by atoms with E-state index in [1.807, 2.05) is 5.43 Å². The monoisotopic (exact) mass is 370 g/mol. The van der Waals surface area contributed by atoms with Crippen molar-refractivity contribution in [2.75, 3.05) is 6.61 Å². The Morgan fingerprint density at radius 1 is 1.20 bits per heavy atom. The maximum Gasteiger partial charge on any atom is 0.266 e. The number of nitrogens with one attached hydrogen (secondary N) is 2. The van der Waals surface area contributed by atoms with Crippen molar-refractivity contribution in [3.63, 3.8) is 0 Å². The third-order valence-corrected chi connectivity index (χ3v) is 4.39. The molecule has 0 fully saturated rings. The van der Waals surface area contributed by atoms with Gasteiger partial charge in [-0.2, -0.15) is 0 Å². The van der Waals surface area contributed by atoms with Crippen LogP contribution in [0.25, 0.3) is 0 Å². The summed E-state index contributed by atoms with van der Waals surface area (Å²) < 4.78 is 56.1. The van der Waals surface area contributed by atoms with E-state index >= 15 is 0 Å². The van der Waals surface area contributed by atoms with Crippen molar-refractivity contribution < 1.29 is 26.7 Å². The van der Waals surface area contributed by atoms with E-state index in [1.165, 1.54) is 12.1 Å². The first kappa shape index (κ1) is 18.8. The van der Waals surface area contributed by atoms with Crippen molar-refractivity contribution in [3.05, 3.63) is 59.2 Å². The van der Waals surface area contributed by atoms with E-state index in [0.717, 1.165) is 23.8 Å². The summed E-state index contributed by atoms with van der Waals surface area (Å²) in [5.41, 5.74) is 2.84. The SMILES string of the molecule is CCOc1cc(C)cc(C(=O)NNS(=O)(=O)c2cccc(F)c2F)c1. The maximum atomic E-state index is 13.6. The lowest BCUT2D eigenvalue weighted by molar-refractivity contribution is 0.0944. The lowest BCUT2D eigenvalue weighted by atomic mass is 10.1. The molecule has 0 bridgehead atoms. The third-order valence-electron chi connectivity index (χ3n) is 3.13. The molecule has 0 unspecified atom stereocenters. The Morgan fingerprint density at radius 3 is 2.60 bits per heavy atom. The molecule has 2 aromatic rings. The molecule has 25 heavy (non-hydrogen) atoms. The van der Waals surface area contributed by atoms with Crippen LogP contribution in [0.15, 0.2) is 41.3 Å². The Balaban J connectivity index is 2.18. The second-order valence-electron chi connectivity index (χ2n) is 5.08. The van der Waals surface area contributed by atoms with Crippen molar-refractivity contribution in [3.8, 4) is 5.75 Å². The predicted octanol–water partition coefficient (Wildman–Crippen LogP) is 2.30. The molecule has 134 valence electrons. The minimum absolute atomic E-state index is 0.144. The molecule has 0 radical (unpaired) electrons. The Bertz CT molecular complexity index is 901. The molecule has 0 aliphatic heterocycles. The van der Waals surface area contributed by atoms with Crippen LogP contribution >= 0.6 is 0 Å². The van der Waals surface area contributed by atoms with Gasteiger partial charge in [-0.15, -0.1) is 4.83 Å². The summed E-state index contributed by atoms with van der Waals surface area (Å²) in [4.78, 5) is 12.9. The molecular weight excluding hydrogens is 354 g/mol. The number of halogens is 2. The number of aryl methyl sites for hydroxylation is 1. The first-order chi connectivity index (χ1) is 11.7. The minimum Gasteiger partial charge on any atom is -0.494 e. The van der Waals surface area contributed by atoms with Gasteiger partial charge in [0.05, 0.1) is 6.61 Å². The van der Waals surface area contributed by atoms with Gasteiger partial charge in [-0.05, 0) is 49.7 Å². The number of amides is 1. The van der Waals surface area contributed by atoms with Crippen molar-refractivity contribution >= 4 is 15.9 Å². The lowest BCUT2D eigenvalue weighted by Gasteiger charge is -2.11. The van der Waals surface area contributed by atoms with E-state index in [9.17, 15) is 22.0 Å². The van der Waals surface area contributed by atoms with E-state index in [1.54, 1.807) is 24.7 Å². The fraction of sp³-hybridized carbons (Fsp3) is 0.188. The van der Waals surface area contributed by atoms with Gasteiger partial charge in [0.1, 0.15) is 10.6 Å². The van der Waals surface area contributed by atoms with Gasteiger partial charge in [0.15, 0.2) is 11.6 Å². The summed E-state index contributed by atoms with van der Waals surface area (Å²) in [6.07, 6.45) is 0. The van der Waals surface area contributed by atoms with Crippen LogP contribution in [0.5, 0.6) is 5.75 Å². The summed E-state index contributed by atoms with van der Waals surface area (Å²) in [5, 5.41) is 0. The van der Waals surface area contributed by atoms with Gasteiger partial charge in [0.2, 0.25) is 0 Å². The maximum absolute atomic E-state index is 13.6. The van der Waals surface area contributed by atoms with Crippen LogP contribution in [0, 0.1) is 18.6 Å². The molecule has 6 nitrogen and oxygen atoms in total. The molecule has 0 aliphatic rings. The van der Waals surface area contributed by atoms with Gasteiger partial charge < -0.3 is 4.74 Å². The van der Waals surface area contributed by atoms with Crippen LogP contribution in [0.1, 0.15) is 22.8 Å². The predicted molar refractivity (Wildman–Crippen MR) is 86.5 cm³/mol. The number of rotatable bonds is 6. The fourth-order valence-electron chi connectivity index (χ4n) is 2.06. The van der Waals surface area contributed by atoms with Gasteiger partial charge in [0, 0.05) is 5.56 Å². The van der Waals surface area contributed by atoms with Crippen LogP contribution in [0.2, 0.25) is 0 Å². The molecule has 0 saturated heterocycles. The van der Waals surface area contributed by atoms with Crippen molar-refractivity contribution in [2.45, 2.75) is 18.7 Å². The Morgan fingerprint density at radius 2 is 1.92 bits per heavy atom. The van der Waals surface area contributed by atoms with E-state index in [2.05, 4.69) is 0 Å². The number of hydrazine groups is 1. The number of hydrogen-bond acceptors (Lipinski definition) is 4. The Hall–Kier alpha value is -2.52. The number of ether oxygens (including phenoxy) is 1. The zero-order chi connectivity index (χ0) is 18.6. The molecule has 2 N–H and O–H groups in total. The van der Waals surface area contributed by atoms with Crippen molar-refractivity contribution in [2.24, 2.45) is 0 Å². The average Bonchev–Trinajstić information content (AvgIpc) is 2.55. The number of sulfonamides is 1.